The molecule has 1 heterocycles. The summed E-state index contributed by atoms with van der Waals surface area (Å²) in [6, 6.07) is 12.3. The number of halogens is 2. The quantitative estimate of drug-likeness (QED) is 0.786. The highest BCUT2D eigenvalue weighted by molar-refractivity contribution is 6.36. The van der Waals surface area contributed by atoms with Crippen LogP contribution < -0.4 is 5.32 Å². The molecule has 0 spiro atoms. The Labute approximate surface area is 142 Å². The molecule has 2 aromatic carbocycles. The summed E-state index contributed by atoms with van der Waals surface area (Å²) >= 11 is 12.2. The lowest BCUT2D eigenvalue weighted by Crippen LogP contribution is -2.15. The van der Waals surface area contributed by atoms with Crippen LogP contribution in [0.1, 0.15) is 5.56 Å². The molecule has 0 aliphatic carbocycles. The minimum Gasteiger partial charge on any atom is -0.326 e. The van der Waals surface area contributed by atoms with Crippen LogP contribution >= 0.6 is 23.2 Å². The molecule has 0 saturated heterocycles. The number of anilines is 1. The number of rotatable bonds is 4. The van der Waals surface area contributed by atoms with Crippen LogP contribution in [0.25, 0.3) is 5.69 Å². The first-order valence-electron chi connectivity index (χ1n) is 6.69. The van der Waals surface area contributed by atoms with E-state index in [2.05, 4.69) is 20.8 Å². The Morgan fingerprint density at radius 2 is 1.87 bits per heavy atom. The van der Waals surface area contributed by atoms with Crippen molar-refractivity contribution in [3.05, 3.63) is 64.4 Å². The zero-order valence-corrected chi connectivity index (χ0v) is 13.3. The third-order valence-electron chi connectivity index (χ3n) is 3.14. The topological polar surface area (TPSA) is 72.7 Å². The number of nitrogens with zero attached hydrogens (tertiary/aromatic N) is 4. The molecule has 0 aliphatic rings. The molecule has 0 saturated carbocycles. The lowest BCUT2D eigenvalue weighted by molar-refractivity contribution is -0.115. The predicted molar refractivity (Wildman–Crippen MR) is 87.9 cm³/mol. The zero-order valence-electron chi connectivity index (χ0n) is 11.8. The highest BCUT2D eigenvalue weighted by Crippen LogP contribution is 2.25. The molecular weight excluding hydrogens is 337 g/mol. The summed E-state index contributed by atoms with van der Waals surface area (Å²) in [5, 5.41) is 14.7. The Kier molecular flexibility index (Phi) is 4.55. The van der Waals surface area contributed by atoms with E-state index < -0.39 is 0 Å². The molecule has 116 valence electrons. The van der Waals surface area contributed by atoms with Crippen molar-refractivity contribution in [1.82, 2.24) is 20.2 Å². The number of hydrogen-bond acceptors (Lipinski definition) is 4. The van der Waals surface area contributed by atoms with Crippen LogP contribution in [0.3, 0.4) is 0 Å². The van der Waals surface area contributed by atoms with Crippen LogP contribution in [-0.4, -0.2) is 26.1 Å². The number of tetrazole rings is 1. The van der Waals surface area contributed by atoms with Crippen LogP contribution in [0.5, 0.6) is 0 Å². The first-order valence-corrected chi connectivity index (χ1v) is 7.45. The number of carbonyl (C=O) groups excluding carboxylic acids is 1. The zero-order chi connectivity index (χ0) is 16.2. The lowest BCUT2D eigenvalue weighted by atomic mass is 10.1. The van der Waals surface area contributed by atoms with E-state index in [0.29, 0.717) is 21.3 Å². The van der Waals surface area contributed by atoms with Gasteiger partial charge in [-0.15, -0.1) is 5.10 Å². The van der Waals surface area contributed by atoms with Gasteiger partial charge in [0.1, 0.15) is 6.33 Å². The van der Waals surface area contributed by atoms with Crippen molar-refractivity contribution in [2.75, 3.05) is 5.32 Å². The SMILES string of the molecule is O=C(Cc1c(Cl)cccc1Cl)Nc1cccc(-n2cnnn2)c1. The maximum absolute atomic E-state index is 12.2. The Balaban J connectivity index is 1.75. The van der Waals surface area contributed by atoms with E-state index in [1.165, 1.54) is 11.0 Å². The van der Waals surface area contributed by atoms with Gasteiger partial charge < -0.3 is 5.32 Å². The molecule has 0 aliphatic heterocycles. The monoisotopic (exact) mass is 347 g/mol. The van der Waals surface area contributed by atoms with Crippen molar-refractivity contribution in [1.29, 1.82) is 0 Å². The van der Waals surface area contributed by atoms with E-state index in [0.717, 1.165) is 5.69 Å². The molecule has 0 unspecified atom stereocenters. The predicted octanol–water partition coefficient (Wildman–Crippen LogP) is 3.15. The van der Waals surface area contributed by atoms with Crippen molar-refractivity contribution >= 4 is 34.8 Å². The summed E-state index contributed by atoms with van der Waals surface area (Å²) in [5.74, 6) is -0.214. The van der Waals surface area contributed by atoms with Crippen LogP contribution in [0.2, 0.25) is 10.0 Å². The van der Waals surface area contributed by atoms with Gasteiger partial charge in [-0.25, -0.2) is 4.68 Å². The summed E-state index contributed by atoms with van der Waals surface area (Å²) in [4.78, 5) is 12.2. The number of aromatic nitrogens is 4. The van der Waals surface area contributed by atoms with Gasteiger partial charge in [-0.1, -0.05) is 35.3 Å². The van der Waals surface area contributed by atoms with Crippen LogP contribution in [0.15, 0.2) is 48.8 Å². The van der Waals surface area contributed by atoms with Crippen LogP contribution in [0.4, 0.5) is 5.69 Å². The summed E-state index contributed by atoms with van der Waals surface area (Å²) in [7, 11) is 0. The van der Waals surface area contributed by atoms with Crippen molar-refractivity contribution < 1.29 is 4.79 Å². The van der Waals surface area contributed by atoms with Gasteiger partial charge in [0.25, 0.3) is 0 Å². The Morgan fingerprint density at radius 3 is 2.57 bits per heavy atom. The van der Waals surface area contributed by atoms with E-state index in [1.807, 2.05) is 6.07 Å². The molecule has 1 N–H and O–H groups in total. The van der Waals surface area contributed by atoms with E-state index in [9.17, 15) is 4.79 Å². The number of nitrogens with one attached hydrogen (secondary N) is 1. The molecule has 1 aromatic heterocycles. The number of carbonyl (C=O) groups is 1. The lowest BCUT2D eigenvalue weighted by Gasteiger charge is -2.09. The minimum absolute atomic E-state index is 0.0909. The van der Waals surface area contributed by atoms with Crippen LogP contribution in [-0.2, 0) is 11.2 Å². The molecule has 8 heteroatoms. The summed E-state index contributed by atoms with van der Waals surface area (Å²) in [6.07, 6.45) is 1.57. The fourth-order valence-electron chi connectivity index (χ4n) is 2.07. The second-order valence-corrected chi connectivity index (χ2v) is 5.54. The standard InChI is InChI=1S/C15H11Cl2N5O/c16-13-5-2-6-14(17)12(13)8-15(23)19-10-3-1-4-11(7-10)22-9-18-20-21-22/h1-7,9H,8H2,(H,19,23). The smallest absolute Gasteiger partial charge is 0.228 e. The van der Waals surface area contributed by atoms with E-state index in [1.54, 1.807) is 36.4 Å². The Morgan fingerprint density at radius 1 is 1.13 bits per heavy atom. The van der Waals surface area contributed by atoms with Crippen molar-refractivity contribution in [3.8, 4) is 5.69 Å². The Hall–Kier alpha value is -2.44. The molecule has 0 radical (unpaired) electrons. The van der Waals surface area contributed by atoms with Gasteiger partial charge in [0, 0.05) is 15.7 Å². The molecule has 23 heavy (non-hydrogen) atoms. The third-order valence-corrected chi connectivity index (χ3v) is 3.85. The first kappa shape index (κ1) is 15.5. The van der Waals surface area contributed by atoms with Gasteiger partial charge in [0.05, 0.1) is 12.1 Å². The summed E-state index contributed by atoms with van der Waals surface area (Å²) in [5.41, 5.74) is 1.97. The number of amides is 1. The first-order chi connectivity index (χ1) is 11.1. The van der Waals surface area contributed by atoms with Gasteiger partial charge in [-0.2, -0.15) is 0 Å². The summed E-state index contributed by atoms with van der Waals surface area (Å²) in [6.45, 7) is 0. The molecule has 1 amide bonds. The van der Waals surface area contributed by atoms with Gasteiger partial charge in [-0.05, 0) is 46.3 Å². The molecule has 6 nitrogen and oxygen atoms in total. The largest absolute Gasteiger partial charge is 0.326 e. The van der Waals surface area contributed by atoms with Gasteiger partial charge in [0.2, 0.25) is 5.91 Å². The molecule has 3 aromatic rings. The Bertz CT molecular complexity index is 815. The van der Waals surface area contributed by atoms with Gasteiger partial charge in [-0.3, -0.25) is 4.79 Å². The molecule has 0 atom stereocenters. The molecule has 0 fully saturated rings. The molecular formula is C15H11Cl2N5O. The second-order valence-electron chi connectivity index (χ2n) is 4.73. The third kappa shape index (κ3) is 3.67. The highest BCUT2D eigenvalue weighted by Gasteiger charge is 2.11. The average Bonchev–Trinajstić information content (AvgIpc) is 3.06. The minimum atomic E-state index is -0.214. The van der Waals surface area contributed by atoms with Crippen LogP contribution in [0, 0.1) is 0 Å². The maximum Gasteiger partial charge on any atom is 0.228 e. The van der Waals surface area contributed by atoms with E-state index in [4.69, 9.17) is 23.2 Å². The highest BCUT2D eigenvalue weighted by atomic mass is 35.5. The normalized spacial score (nSPS) is 10.5. The fourth-order valence-corrected chi connectivity index (χ4v) is 2.60. The summed E-state index contributed by atoms with van der Waals surface area (Å²) < 4.78 is 1.50. The van der Waals surface area contributed by atoms with E-state index in [-0.39, 0.29) is 12.3 Å². The van der Waals surface area contributed by atoms with Crippen molar-refractivity contribution in [3.63, 3.8) is 0 Å². The van der Waals surface area contributed by atoms with Crippen molar-refractivity contribution in [2.24, 2.45) is 0 Å². The number of benzene rings is 2. The fraction of sp³-hybridized carbons (Fsp3) is 0.0667. The van der Waals surface area contributed by atoms with Gasteiger partial charge in [0.15, 0.2) is 0 Å². The average molecular weight is 348 g/mol. The number of hydrogen-bond donors (Lipinski definition) is 1. The van der Waals surface area contributed by atoms with Crippen molar-refractivity contribution in [2.45, 2.75) is 6.42 Å². The van der Waals surface area contributed by atoms with Gasteiger partial charge >= 0.3 is 0 Å². The molecule has 0 bridgehead atoms. The molecule has 3 rings (SSSR count). The second kappa shape index (κ2) is 6.76. The maximum atomic E-state index is 12.2. The van der Waals surface area contributed by atoms with E-state index >= 15 is 0 Å².